The highest BCUT2D eigenvalue weighted by Crippen LogP contribution is 2.15. The molecule has 0 aliphatic carbocycles. The minimum Gasteiger partial charge on any atom is -0.323 e. The number of nitrogens with one attached hydrogen (secondary N) is 2. The summed E-state index contributed by atoms with van der Waals surface area (Å²) in [5.74, 6) is -0.273. The van der Waals surface area contributed by atoms with Crippen LogP contribution in [0.2, 0.25) is 0 Å². The van der Waals surface area contributed by atoms with Crippen LogP contribution in [0.4, 0.5) is 5.69 Å². The molecule has 0 aliphatic heterocycles. The van der Waals surface area contributed by atoms with Gasteiger partial charge in [-0.3, -0.25) is 4.79 Å². The Kier molecular flexibility index (Phi) is 6.76. The summed E-state index contributed by atoms with van der Waals surface area (Å²) >= 11 is 1.54. The smallest absolute Gasteiger partial charge is 0.248 e. The number of carbonyl (C=O) groups excluding carboxylic acids is 1. The summed E-state index contributed by atoms with van der Waals surface area (Å²) in [6.45, 7) is 0.318. The molecule has 0 fully saturated rings. The Bertz CT molecular complexity index is 1030. The van der Waals surface area contributed by atoms with Crippen LogP contribution in [0.3, 0.4) is 0 Å². The van der Waals surface area contributed by atoms with E-state index in [2.05, 4.69) is 10.0 Å². The summed E-state index contributed by atoms with van der Waals surface area (Å²) in [5.41, 5.74) is 1.60. The average Bonchev–Trinajstić information content (AvgIpc) is 3.21. The van der Waals surface area contributed by atoms with Crippen molar-refractivity contribution in [1.82, 2.24) is 4.72 Å². The highest BCUT2D eigenvalue weighted by atomic mass is 32.2. The SMILES string of the molecule is O=C(/C=C/c1cccs1)Nc1ccc(S(=O)(=O)NCCc2ccccc2)cc1. The lowest BCUT2D eigenvalue weighted by atomic mass is 10.2. The fourth-order valence-corrected chi connectivity index (χ4v) is 4.15. The maximum Gasteiger partial charge on any atom is 0.248 e. The molecule has 0 unspecified atom stereocenters. The van der Waals surface area contributed by atoms with Crippen LogP contribution in [0, 0.1) is 0 Å². The molecular formula is C21H20N2O3S2. The normalized spacial score (nSPS) is 11.6. The molecule has 7 heteroatoms. The van der Waals surface area contributed by atoms with Gasteiger partial charge in [0, 0.05) is 23.2 Å². The first-order chi connectivity index (χ1) is 13.5. The van der Waals surface area contributed by atoms with Crippen molar-refractivity contribution in [2.45, 2.75) is 11.3 Å². The Balaban J connectivity index is 1.54. The van der Waals surface area contributed by atoms with Crippen molar-refractivity contribution in [3.05, 3.63) is 88.6 Å². The van der Waals surface area contributed by atoms with Gasteiger partial charge < -0.3 is 5.32 Å². The summed E-state index contributed by atoms with van der Waals surface area (Å²) in [6, 6.07) is 19.6. The Morgan fingerprint density at radius 3 is 2.39 bits per heavy atom. The number of anilines is 1. The lowest BCUT2D eigenvalue weighted by Gasteiger charge is -2.08. The van der Waals surface area contributed by atoms with Gasteiger partial charge in [-0.1, -0.05) is 36.4 Å². The predicted octanol–water partition coefficient (Wildman–Crippen LogP) is 3.92. The largest absolute Gasteiger partial charge is 0.323 e. The third-order valence-electron chi connectivity index (χ3n) is 3.92. The number of benzene rings is 2. The first-order valence-electron chi connectivity index (χ1n) is 8.69. The second-order valence-electron chi connectivity index (χ2n) is 6.00. The standard InChI is InChI=1S/C21H20N2O3S2/c24-21(13-10-19-7-4-16-27-19)23-18-8-11-20(12-9-18)28(25,26)22-15-14-17-5-2-1-3-6-17/h1-13,16,22H,14-15H2,(H,23,24)/b13-10+. The molecule has 2 aromatic carbocycles. The predicted molar refractivity (Wildman–Crippen MR) is 114 cm³/mol. The zero-order valence-corrected chi connectivity index (χ0v) is 16.7. The molecule has 28 heavy (non-hydrogen) atoms. The molecule has 2 N–H and O–H groups in total. The van der Waals surface area contributed by atoms with Gasteiger partial charge in [0.15, 0.2) is 0 Å². The third kappa shape index (κ3) is 5.88. The molecule has 0 atom stereocenters. The molecule has 0 bridgehead atoms. The minimum absolute atomic E-state index is 0.160. The topological polar surface area (TPSA) is 75.3 Å². The van der Waals surface area contributed by atoms with Gasteiger partial charge in [-0.15, -0.1) is 11.3 Å². The molecule has 3 aromatic rings. The zero-order valence-electron chi connectivity index (χ0n) is 15.0. The van der Waals surface area contributed by atoms with E-state index in [4.69, 9.17) is 0 Å². The first kappa shape index (κ1) is 20.0. The average molecular weight is 413 g/mol. The molecular weight excluding hydrogens is 392 g/mol. The molecule has 3 rings (SSSR count). The Morgan fingerprint density at radius 1 is 0.964 bits per heavy atom. The van der Waals surface area contributed by atoms with Gasteiger partial charge in [0.25, 0.3) is 0 Å². The summed E-state index contributed by atoms with van der Waals surface area (Å²) in [4.78, 5) is 13.1. The monoisotopic (exact) mass is 412 g/mol. The second-order valence-corrected chi connectivity index (χ2v) is 8.74. The van der Waals surface area contributed by atoms with Crippen molar-refractivity contribution in [3.8, 4) is 0 Å². The van der Waals surface area contributed by atoms with Crippen LogP contribution in [0.25, 0.3) is 6.08 Å². The third-order valence-corrected chi connectivity index (χ3v) is 6.24. The number of hydrogen-bond acceptors (Lipinski definition) is 4. The number of thiophene rings is 1. The van der Waals surface area contributed by atoms with Crippen molar-refractivity contribution >= 4 is 39.0 Å². The summed E-state index contributed by atoms with van der Waals surface area (Å²) in [5, 5.41) is 4.65. The van der Waals surface area contributed by atoms with Crippen molar-refractivity contribution in [3.63, 3.8) is 0 Å². The van der Waals surface area contributed by atoms with Crippen molar-refractivity contribution < 1.29 is 13.2 Å². The molecule has 0 spiro atoms. The molecule has 5 nitrogen and oxygen atoms in total. The van der Waals surface area contributed by atoms with Crippen molar-refractivity contribution in [2.75, 3.05) is 11.9 Å². The Labute approximate surface area is 168 Å². The van der Waals surface area contributed by atoms with Crippen LogP contribution in [0.15, 0.2) is 83.1 Å². The quantitative estimate of drug-likeness (QED) is 0.551. The second kappa shape index (κ2) is 9.45. The lowest BCUT2D eigenvalue weighted by Crippen LogP contribution is -2.26. The van der Waals surface area contributed by atoms with E-state index in [1.54, 1.807) is 29.5 Å². The van der Waals surface area contributed by atoms with E-state index in [0.29, 0.717) is 18.7 Å². The summed E-state index contributed by atoms with van der Waals surface area (Å²) in [6.07, 6.45) is 3.79. The van der Waals surface area contributed by atoms with E-state index in [1.807, 2.05) is 47.8 Å². The Morgan fingerprint density at radius 2 is 1.71 bits per heavy atom. The number of amides is 1. The van der Waals surface area contributed by atoms with Crippen LogP contribution >= 0.6 is 11.3 Å². The van der Waals surface area contributed by atoms with Crippen LogP contribution < -0.4 is 10.0 Å². The van der Waals surface area contributed by atoms with Crippen LogP contribution in [-0.2, 0) is 21.2 Å². The van der Waals surface area contributed by atoms with E-state index in [1.165, 1.54) is 18.2 Å². The van der Waals surface area contributed by atoms with Gasteiger partial charge in [0.1, 0.15) is 0 Å². The zero-order chi connectivity index (χ0) is 19.8. The van der Waals surface area contributed by atoms with Crippen LogP contribution in [-0.4, -0.2) is 20.9 Å². The molecule has 1 heterocycles. The molecule has 144 valence electrons. The molecule has 0 aliphatic rings. The number of carbonyl (C=O) groups is 1. The fraction of sp³-hybridized carbons (Fsp3) is 0.0952. The summed E-state index contributed by atoms with van der Waals surface area (Å²) < 4.78 is 27.4. The highest BCUT2D eigenvalue weighted by Gasteiger charge is 2.13. The first-order valence-corrected chi connectivity index (χ1v) is 11.1. The van der Waals surface area contributed by atoms with E-state index in [0.717, 1.165) is 10.4 Å². The molecule has 0 saturated carbocycles. The Hall–Kier alpha value is -2.74. The van der Waals surface area contributed by atoms with Gasteiger partial charge in [-0.2, -0.15) is 0 Å². The molecule has 0 radical (unpaired) electrons. The van der Waals surface area contributed by atoms with E-state index in [-0.39, 0.29) is 10.8 Å². The lowest BCUT2D eigenvalue weighted by molar-refractivity contribution is -0.111. The van der Waals surface area contributed by atoms with Crippen LogP contribution in [0.5, 0.6) is 0 Å². The van der Waals surface area contributed by atoms with E-state index < -0.39 is 10.0 Å². The van der Waals surface area contributed by atoms with Crippen molar-refractivity contribution in [2.24, 2.45) is 0 Å². The maximum absolute atomic E-state index is 12.4. The number of hydrogen-bond donors (Lipinski definition) is 2. The number of rotatable bonds is 8. The fourth-order valence-electron chi connectivity index (χ4n) is 2.50. The van der Waals surface area contributed by atoms with E-state index >= 15 is 0 Å². The maximum atomic E-state index is 12.4. The number of sulfonamides is 1. The highest BCUT2D eigenvalue weighted by molar-refractivity contribution is 7.89. The van der Waals surface area contributed by atoms with Gasteiger partial charge in [-0.25, -0.2) is 13.1 Å². The molecule has 1 aromatic heterocycles. The molecule has 0 saturated heterocycles. The van der Waals surface area contributed by atoms with Gasteiger partial charge in [0.05, 0.1) is 4.90 Å². The van der Waals surface area contributed by atoms with Crippen LogP contribution in [0.1, 0.15) is 10.4 Å². The van der Waals surface area contributed by atoms with E-state index in [9.17, 15) is 13.2 Å². The minimum atomic E-state index is -3.59. The van der Waals surface area contributed by atoms with Crippen molar-refractivity contribution in [1.29, 1.82) is 0 Å². The van der Waals surface area contributed by atoms with Gasteiger partial charge >= 0.3 is 0 Å². The van der Waals surface area contributed by atoms with Gasteiger partial charge in [-0.05, 0) is 53.8 Å². The molecule has 1 amide bonds. The van der Waals surface area contributed by atoms with Gasteiger partial charge in [0.2, 0.25) is 15.9 Å². The summed E-state index contributed by atoms with van der Waals surface area (Å²) in [7, 11) is -3.59.